The lowest BCUT2D eigenvalue weighted by Crippen LogP contribution is -2.32. The summed E-state index contributed by atoms with van der Waals surface area (Å²) in [7, 11) is -3.49. The van der Waals surface area contributed by atoms with Crippen molar-refractivity contribution in [1.82, 2.24) is 0 Å². The Hall–Kier alpha value is -3.45. The second-order valence-electron chi connectivity index (χ2n) is 7.51. The Morgan fingerprint density at radius 2 is 1.50 bits per heavy atom. The molecule has 7 heteroatoms. The van der Waals surface area contributed by atoms with Crippen molar-refractivity contribution in [3.05, 3.63) is 95.6 Å². The lowest BCUT2D eigenvalue weighted by Gasteiger charge is -2.24. The minimum Gasteiger partial charge on any atom is -0.325 e. The van der Waals surface area contributed by atoms with Gasteiger partial charge in [-0.05, 0) is 37.1 Å². The molecule has 166 valence electrons. The Labute approximate surface area is 188 Å². The zero-order valence-electron chi connectivity index (χ0n) is 18.1. The summed E-state index contributed by atoms with van der Waals surface area (Å²) in [5.74, 6) is -0.458. The molecule has 32 heavy (non-hydrogen) atoms. The highest BCUT2D eigenvalue weighted by Crippen LogP contribution is 2.23. The van der Waals surface area contributed by atoms with Gasteiger partial charge in [-0.15, -0.1) is 0 Å². The number of hydrogen-bond acceptors (Lipinski definition) is 4. The Bertz CT molecular complexity index is 1210. The second-order valence-corrected chi connectivity index (χ2v) is 9.42. The number of nitrogens with zero attached hydrogens (tertiary/aromatic N) is 1. The van der Waals surface area contributed by atoms with Crippen molar-refractivity contribution in [2.45, 2.75) is 19.8 Å². The molecule has 0 atom stereocenters. The smallest absolute Gasteiger partial charge is 0.232 e. The number of carbonyl (C=O) groups is 2. The van der Waals surface area contributed by atoms with Gasteiger partial charge >= 0.3 is 0 Å². The van der Waals surface area contributed by atoms with Crippen LogP contribution in [0, 0.1) is 6.92 Å². The van der Waals surface area contributed by atoms with Gasteiger partial charge in [0.25, 0.3) is 0 Å². The first-order valence-corrected chi connectivity index (χ1v) is 12.1. The molecule has 0 radical (unpaired) electrons. The highest BCUT2D eigenvalue weighted by Gasteiger charge is 2.19. The van der Waals surface area contributed by atoms with E-state index in [0.29, 0.717) is 28.9 Å². The molecule has 0 aliphatic carbocycles. The molecular weight excluding hydrogens is 424 g/mol. The van der Waals surface area contributed by atoms with Crippen molar-refractivity contribution in [3.8, 4) is 0 Å². The molecule has 3 rings (SSSR count). The number of carbonyl (C=O) groups excluding carboxylic acids is 2. The van der Waals surface area contributed by atoms with E-state index in [1.807, 2.05) is 25.1 Å². The lowest BCUT2D eigenvalue weighted by atomic mass is 10.0. The van der Waals surface area contributed by atoms with Crippen molar-refractivity contribution in [2.75, 3.05) is 22.4 Å². The first-order valence-electron chi connectivity index (χ1n) is 10.3. The van der Waals surface area contributed by atoms with Crippen LogP contribution >= 0.6 is 0 Å². The molecule has 0 spiro atoms. The first-order chi connectivity index (χ1) is 15.3. The van der Waals surface area contributed by atoms with E-state index in [4.69, 9.17) is 0 Å². The molecule has 0 saturated carbocycles. The molecule has 0 bridgehead atoms. The number of aryl methyl sites for hydroxylation is 1. The van der Waals surface area contributed by atoms with Gasteiger partial charge < -0.3 is 5.32 Å². The van der Waals surface area contributed by atoms with E-state index in [1.165, 1.54) is 4.31 Å². The van der Waals surface area contributed by atoms with Gasteiger partial charge in [0.2, 0.25) is 15.9 Å². The Morgan fingerprint density at radius 3 is 2.19 bits per heavy atom. The van der Waals surface area contributed by atoms with Gasteiger partial charge in [-0.3, -0.25) is 13.9 Å². The summed E-state index contributed by atoms with van der Waals surface area (Å²) in [6.07, 6.45) is 1.61. The SMILES string of the molecule is Cc1ccccc1N(CCCC(=O)Nc1ccccc1C(=O)c1ccccc1)S(C)(=O)=O. The fraction of sp³-hybridized carbons (Fsp3) is 0.200. The minimum atomic E-state index is -3.49. The monoisotopic (exact) mass is 450 g/mol. The number of anilines is 2. The van der Waals surface area contributed by atoms with Gasteiger partial charge in [-0.2, -0.15) is 0 Å². The molecule has 3 aromatic rings. The van der Waals surface area contributed by atoms with Crippen LogP contribution in [0.15, 0.2) is 78.9 Å². The highest BCUT2D eigenvalue weighted by atomic mass is 32.2. The van der Waals surface area contributed by atoms with Gasteiger partial charge in [0.1, 0.15) is 0 Å². The molecule has 0 aromatic heterocycles. The van der Waals surface area contributed by atoms with Crippen molar-refractivity contribution < 1.29 is 18.0 Å². The van der Waals surface area contributed by atoms with Gasteiger partial charge in [-0.25, -0.2) is 8.42 Å². The molecule has 0 unspecified atom stereocenters. The second kappa shape index (κ2) is 10.2. The molecule has 0 aliphatic rings. The summed E-state index contributed by atoms with van der Waals surface area (Å²) in [6, 6.07) is 23.0. The largest absolute Gasteiger partial charge is 0.325 e. The van der Waals surface area contributed by atoms with Gasteiger partial charge in [0.15, 0.2) is 5.78 Å². The molecule has 0 fully saturated rings. The molecule has 1 amide bonds. The summed E-state index contributed by atoms with van der Waals surface area (Å²) in [6.45, 7) is 2.03. The maximum Gasteiger partial charge on any atom is 0.232 e. The number of para-hydroxylation sites is 2. The maximum absolute atomic E-state index is 12.8. The van der Waals surface area contributed by atoms with Crippen LogP contribution in [-0.4, -0.2) is 32.9 Å². The summed E-state index contributed by atoms with van der Waals surface area (Å²) in [4.78, 5) is 25.4. The standard InChI is InChI=1S/C25H26N2O4S/c1-19-11-6-9-16-23(19)27(32(2,30)31)18-10-17-24(28)26-22-15-8-7-14-21(22)25(29)20-12-4-3-5-13-20/h3-9,11-16H,10,17-18H2,1-2H3,(H,26,28). The van der Waals surface area contributed by atoms with E-state index in [2.05, 4.69) is 5.32 Å². The normalized spacial score (nSPS) is 11.1. The van der Waals surface area contributed by atoms with E-state index in [0.717, 1.165) is 11.8 Å². The molecule has 0 heterocycles. The Kier molecular flexibility index (Phi) is 7.43. The van der Waals surface area contributed by atoms with Crippen molar-refractivity contribution in [3.63, 3.8) is 0 Å². The molecular formula is C25H26N2O4S. The highest BCUT2D eigenvalue weighted by molar-refractivity contribution is 7.92. The van der Waals surface area contributed by atoms with Crippen LogP contribution in [-0.2, 0) is 14.8 Å². The van der Waals surface area contributed by atoms with Crippen molar-refractivity contribution in [1.29, 1.82) is 0 Å². The predicted octanol–water partition coefficient (Wildman–Crippen LogP) is 4.41. The fourth-order valence-electron chi connectivity index (χ4n) is 3.44. The summed E-state index contributed by atoms with van der Waals surface area (Å²) in [5.41, 5.74) is 2.83. The maximum atomic E-state index is 12.8. The van der Waals surface area contributed by atoms with Crippen LogP contribution in [0.4, 0.5) is 11.4 Å². The topological polar surface area (TPSA) is 83.6 Å². The third-order valence-electron chi connectivity index (χ3n) is 5.03. The van der Waals surface area contributed by atoms with E-state index in [9.17, 15) is 18.0 Å². The zero-order chi connectivity index (χ0) is 23.1. The average Bonchev–Trinajstić information content (AvgIpc) is 2.77. The van der Waals surface area contributed by atoms with Crippen LogP contribution < -0.4 is 9.62 Å². The number of amides is 1. The molecule has 6 nitrogen and oxygen atoms in total. The van der Waals surface area contributed by atoms with Crippen LogP contribution in [0.3, 0.4) is 0 Å². The quantitative estimate of drug-likeness (QED) is 0.490. The van der Waals surface area contributed by atoms with E-state index in [-0.39, 0.29) is 24.7 Å². The van der Waals surface area contributed by atoms with Gasteiger partial charge in [0.05, 0.1) is 17.6 Å². The molecule has 0 saturated heterocycles. The van der Waals surface area contributed by atoms with E-state index >= 15 is 0 Å². The van der Waals surface area contributed by atoms with Crippen LogP contribution in [0.1, 0.15) is 34.3 Å². The lowest BCUT2D eigenvalue weighted by molar-refractivity contribution is -0.116. The average molecular weight is 451 g/mol. The van der Waals surface area contributed by atoms with Crippen molar-refractivity contribution >= 4 is 33.1 Å². The fourth-order valence-corrected chi connectivity index (χ4v) is 4.46. The minimum absolute atomic E-state index is 0.117. The number of hydrogen-bond donors (Lipinski definition) is 1. The predicted molar refractivity (Wildman–Crippen MR) is 128 cm³/mol. The Morgan fingerprint density at radius 1 is 0.875 bits per heavy atom. The zero-order valence-corrected chi connectivity index (χ0v) is 18.9. The third kappa shape index (κ3) is 5.82. The number of rotatable bonds is 9. The molecule has 0 aliphatic heterocycles. The van der Waals surface area contributed by atoms with Crippen LogP contribution in [0.25, 0.3) is 0 Å². The summed E-state index contributed by atoms with van der Waals surface area (Å²) in [5, 5.41) is 2.80. The van der Waals surface area contributed by atoms with Gasteiger partial charge in [0, 0.05) is 24.1 Å². The number of benzene rings is 3. The number of ketones is 1. The van der Waals surface area contributed by atoms with Crippen molar-refractivity contribution in [2.24, 2.45) is 0 Å². The first kappa shape index (κ1) is 23.2. The van der Waals surface area contributed by atoms with Gasteiger partial charge in [-0.1, -0.05) is 60.7 Å². The Balaban J connectivity index is 1.67. The number of nitrogens with one attached hydrogen (secondary N) is 1. The van der Waals surface area contributed by atoms with Crippen LogP contribution in [0.5, 0.6) is 0 Å². The van der Waals surface area contributed by atoms with E-state index in [1.54, 1.807) is 60.7 Å². The van der Waals surface area contributed by atoms with E-state index < -0.39 is 10.0 Å². The summed E-state index contributed by atoms with van der Waals surface area (Å²) < 4.78 is 25.9. The molecule has 1 N–H and O–H groups in total. The summed E-state index contributed by atoms with van der Waals surface area (Å²) >= 11 is 0. The van der Waals surface area contributed by atoms with Crippen LogP contribution in [0.2, 0.25) is 0 Å². The third-order valence-corrected chi connectivity index (χ3v) is 6.21. The molecule has 3 aromatic carbocycles. The number of sulfonamides is 1.